The van der Waals surface area contributed by atoms with Gasteiger partial charge in [-0.15, -0.1) is 22.7 Å². The normalized spacial score (nSPS) is 17.7. The number of hydrogen-bond donors (Lipinski definition) is 2. The molecule has 30 heavy (non-hydrogen) atoms. The number of aromatic nitrogens is 2. The van der Waals surface area contributed by atoms with E-state index in [-0.39, 0.29) is 11.9 Å². The molecular weight excluding hydrogens is 424 g/mol. The van der Waals surface area contributed by atoms with E-state index in [0.717, 1.165) is 61.9 Å². The van der Waals surface area contributed by atoms with Gasteiger partial charge in [0.1, 0.15) is 0 Å². The molecule has 2 N–H and O–H groups in total. The average molecular weight is 453 g/mol. The van der Waals surface area contributed by atoms with Crippen molar-refractivity contribution in [2.24, 2.45) is 0 Å². The number of esters is 2. The Morgan fingerprint density at radius 1 is 0.800 bits per heavy atom. The summed E-state index contributed by atoms with van der Waals surface area (Å²) >= 11 is 3.12. The van der Waals surface area contributed by atoms with Crippen molar-refractivity contribution >= 4 is 34.6 Å². The van der Waals surface area contributed by atoms with Crippen molar-refractivity contribution < 1.29 is 19.1 Å². The molecule has 0 amide bonds. The van der Waals surface area contributed by atoms with Gasteiger partial charge < -0.3 is 20.1 Å². The van der Waals surface area contributed by atoms with E-state index in [9.17, 15) is 9.59 Å². The van der Waals surface area contributed by atoms with Crippen molar-refractivity contribution in [3.8, 4) is 0 Å². The minimum absolute atomic E-state index is 0.341. The molecule has 4 heterocycles. The molecule has 0 saturated carbocycles. The van der Waals surface area contributed by atoms with Gasteiger partial charge in [0, 0.05) is 22.6 Å². The monoisotopic (exact) mass is 452 g/mol. The highest BCUT2D eigenvalue weighted by atomic mass is 32.1. The zero-order valence-corrected chi connectivity index (χ0v) is 18.9. The maximum absolute atomic E-state index is 11.2. The van der Waals surface area contributed by atoms with E-state index in [2.05, 4.69) is 30.1 Å². The van der Waals surface area contributed by atoms with Gasteiger partial charge in [-0.25, -0.2) is 19.6 Å². The van der Waals surface area contributed by atoms with Crippen LogP contribution in [-0.2, 0) is 9.47 Å². The number of methoxy groups -OCH3 is 2. The predicted octanol–water partition coefficient (Wildman–Crippen LogP) is 2.79. The quantitative estimate of drug-likeness (QED) is 0.683. The van der Waals surface area contributed by atoms with E-state index in [1.807, 2.05) is 0 Å². The molecule has 0 aromatic carbocycles. The van der Waals surface area contributed by atoms with Gasteiger partial charge >= 0.3 is 11.9 Å². The van der Waals surface area contributed by atoms with Crippen LogP contribution in [0, 0.1) is 0 Å². The Morgan fingerprint density at radius 3 is 1.50 bits per heavy atom. The summed E-state index contributed by atoms with van der Waals surface area (Å²) in [7, 11) is 2.76. The molecule has 2 saturated heterocycles. The van der Waals surface area contributed by atoms with Gasteiger partial charge in [0.2, 0.25) is 0 Å². The van der Waals surface area contributed by atoms with E-state index >= 15 is 0 Å². The Hall–Kier alpha value is -1.88. The highest BCUT2D eigenvalue weighted by Crippen LogP contribution is 2.28. The summed E-state index contributed by atoms with van der Waals surface area (Å²) in [5.41, 5.74) is 0.882. The third kappa shape index (κ3) is 6.07. The number of rotatable bonds is 4. The maximum atomic E-state index is 11.2. The number of nitrogens with zero attached hydrogens (tertiary/aromatic N) is 2. The Morgan fingerprint density at radius 2 is 1.17 bits per heavy atom. The van der Waals surface area contributed by atoms with Crippen LogP contribution in [0.25, 0.3) is 0 Å². The standard InChI is InChI=1S/2C10H14N2O2S/c2*1-14-10(13)8-6-15-9(12-8)7-2-4-11-5-3-7/h2*6-7,11H,2-5H2,1H3. The molecule has 0 unspecified atom stereocenters. The SMILES string of the molecule is COC(=O)c1csc(C2CCNCC2)n1.COC(=O)c1csc(C2CCNCC2)n1. The lowest BCUT2D eigenvalue weighted by atomic mass is 9.99. The van der Waals surface area contributed by atoms with Crippen LogP contribution in [-0.4, -0.2) is 62.3 Å². The summed E-state index contributed by atoms with van der Waals surface area (Å²) in [4.78, 5) is 31.1. The zero-order valence-electron chi connectivity index (χ0n) is 17.3. The van der Waals surface area contributed by atoms with Gasteiger partial charge in [0.25, 0.3) is 0 Å². The lowest BCUT2D eigenvalue weighted by Gasteiger charge is -2.20. The highest BCUT2D eigenvalue weighted by molar-refractivity contribution is 7.10. The number of carbonyl (C=O) groups excluding carboxylic acids is 2. The zero-order chi connectivity index (χ0) is 21.3. The van der Waals surface area contributed by atoms with Crippen LogP contribution in [0.15, 0.2) is 10.8 Å². The molecular formula is C20H28N4O4S2. The first kappa shape index (κ1) is 22.8. The number of carbonyl (C=O) groups is 2. The molecule has 0 spiro atoms. The van der Waals surface area contributed by atoms with Crippen LogP contribution < -0.4 is 10.6 Å². The molecule has 2 aliphatic rings. The summed E-state index contributed by atoms with van der Waals surface area (Å²) in [6, 6.07) is 0. The number of piperidine rings is 2. The maximum Gasteiger partial charge on any atom is 0.357 e. The Kier molecular flexibility index (Phi) is 8.74. The molecule has 8 nitrogen and oxygen atoms in total. The van der Waals surface area contributed by atoms with Crippen LogP contribution in [0.1, 0.15) is 68.5 Å². The van der Waals surface area contributed by atoms with Gasteiger partial charge in [0.05, 0.1) is 24.2 Å². The lowest BCUT2D eigenvalue weighted by molar-refractivity contribution is 0.0586. The van der Waals surface area contributed by atoms with E-state index in [1.165, 1.54) is 14.2 Å². The second kappa shape index (κ2) is 11.5. The van der Waals surface area contributed by atoms with Gasteiger partial charge in [-0.1, -0.05) is 0 Å². The molecule has 2 aromatic rings. The second-order valence-electron chi connectivity index (χ2n) is 7.17. The van der Waals surface area contributed by atoms with E-state index in [0.29, 0.717) is 23.2 Å². The van der Waals surface area contributed by atoms with Crippen LogP contribution in [0.2, 0.25) is 0 Å². The molecule has 2 aliphatic heterocycles. The minimum Gasteiger partial charge on any atom is -0.464 e. The van der Waals surface area contributed by atoms with Gasteiger partial charge in [-0.05, 0) is 51.9 Å². The van der Waals surface area contributed by atoms with Crippen LogP contribution in [0.3, 0.4) is 0 Å². The Bertz CT molecular complexity index is 758. The lowest BCUT2D eigenvalue weighted by Crippen LogP contribution is -2.26. The second-order valence-corrected chi connectivity index (χ2v) is 8.95. The number of thiazole rings is 2. The molecule has 2 fully saturated rings. The fourth-order valence-electron chi connectivity index (χ4n) is 3.48. The van der Waals surface area contributed by atoms with Gasteiger partial charge in [-0.2, -0.15) is 0 Å². The van der Waals surface area contributed by atoms with Gasteiger partial charge in [-0.3, -0.25) is 0 Å². The number of ether oxygens (including phenoxy) is 2. The van der Waals surface area contributed by atoms with Crippen LogP contribution >= 0.6 is 22.7 Å². The molecule has 4 rings (SSSR count). The molecule has 164 valence electrons. The summed E-state index contributed by atoms with van der Waals surface area (Å²) in [6.45, 7) is 4.16. The molecule has 2 aromatic heterocycles. The van der Waals surface area contributed by atoms with Crippen molar-refractivity contribution in [3.63, 3.8) is 0 Å². The first-order valence-corrected chi connectivity index (χ1v) is 11.9. The number of hydrogen-bond acceptors (Lipinski definition) is 10. The summed E-state index contributed by atoms with van der Waals surface area (Å²) in [6.07, 6.45) is 4.42. The first-order valence-electron chi connectivity index (χ1n) is 10.1. The molecule has 0 aliphatic carbocycles. The fourth-order valence-corrected chi connectivity index (χ4v) is 5.41. The fraction of sp³-hybridized carbons (Fsp3) is 0.600. The third-order valence-electron chi connectivity index (χ3n) is 5.21. The predicted molar refractivity (Wildman–Crippen MR) is 117 cm³/mol. The van der Waals surface area contributed by atoms with Crippen LogP contribution in [0.5, 0.6) is 0 Å². The first-order chi connectivity index (χ1) is 14.6. The number of nitrogens with one attached hydrogen (secondary N) is 2. The average Bonchev–Trinajstić information content (AvgIpc) is 3.50. The smallest absolute Gasteiger partial charge is 0.357 e. The van der Waals surface area contributed by atoms with Crippen LogP contribution in [0.4, 0.5) is 0 Å². The molecule has 0 radical (unpaired) electrons. The molecule has 0 bridgehead atoms. The third-order valence-corrected chi connectivity index (χ3v) is 7.22. The molecule has 10 heteroatoms. The van der Waals surface area contributed by atoms with Crippen molar-refractivity contribution in [3.05, 3.63) is 32.2 Å². The Balaban J connectivity index is 0.000000171. The van der Waals surface area contributed by atoms with Crippen molar-refractivity contribution in [1.82, 2.24) is 20.6 Å². The summed E-state index contributed by atoms with van der Waals surface area (Å²) in [5, 5.41) is 12.3. The topological polar surface area (TPSA) is 102 Å². The van der Waals surface area contributed by atoms with Crippen molar-refractivity contribution in [2.45, 2.75) is 37.5 Å². The van der Waals surface area contributed by atoms with E-state index < -0.39 is 0 Å². The summed E-state index contributed by atoms with van der Waals surface area (Å²) in [5.74, 6) is 0.335. The van der Waals surface area contributed by atoms with Crippen molar-refractivity contribution in [1.29, 1.82) is 0 Å². The highest BCUT2D eigenvalue weighted by Gasteiger charge is 2.21. The van der Waals surface area contributed by atoms with Gasteiger partial charge in [0.15, 0.2) is 11.4 Å². The van der Waals surface area contributed by atoms with Crippen molar-refractivity contribution in [2.75, 3.05) is 40.4 Å². The Labute approximate surface area is 184 Å². The largest absolute Gasteiger partial charge is 0.464 e. The van der Waals surface area contributed by atoms with E-state index in [4.69, 9.17) is 0 Å². The summed E-state index contributed by atoms with van der Waals surface area (Å²) < 4.78 is 9.26. The molecule has 0 atom stereocenters. The van der Waals surface area contributed by atoms with E-state index in [1.54, 1.807) is 33.4 Å². The minimum atomic E-state index is -0.341.